The lowest BCUT2D eigenvalue weighted by atomic mass is 9.98. The number of likely N-dealkylation sites (tertiary alicyclic amines) is 1. The zero-order valence-electron chi connectivity index (χ0n) is 11.6. The van der Waals surface area contributed by atoms with Crippen molar-refractivity contribution in [2.75, 3.05) is 39.6 Å². The van der Waals surface area contributed by atoms with E-state index in [9.17, 15) is 0 Å². The van der Waals surface area contributed by atoms with Gasteiger partial charge in [0.1, 0.15) is 12.4 Å². The monoisotopic (exact) mass is 279 g/mol. The molecule has 1 aromatic carbocycles. The van der Waals surface area contributed by atoms with Gasteiger partial charge >= 0.3 is 0 Å². The van der Waals surface area contributed by atoms with Crippen molar-refractivity contribution in [1.29, 1.82) is 0 Å². The molecule has 0 unspecified atom stereocenters. The van der Waals surface area contributed by atoms with E-state index in [1.54, 1.807) is 0 Å². The number of fused-ring (bicyclic) bond motifs is 1. The SMILES string of the molecule is OCC1CCN(CCOc2ccc3c(c2)OCO3)CC1. The number of piperidine rings is 1. The molecule has 1 aromatic rings. The third-order valence-corrected chi connectivity index (χ3v) is 3.99. The van der Waals surface area contributed by atoms with Gasteiger partial charge in [-0.1, -0.05) is 0 Å². The number of rotatable bonds is 5. The van der Waals surface area contributed by atoms with Crippen molar-refractivity contribution in [2.45, 2.75) is 12.8 Å². The summed E-state index contributed by atoms with van der Waals surface area (Å²) < 4.78 is 16.4. The van der Waals surface area contributed by atoms with Crippen molar-refractivity contribution < 1.29 is 19.3 Å². The molecule has 0 aromatic heterocycles. The Morgan fingerprint density at radius 3 is 2.80 bits per heavy atom. The van der Waals surface area contributed by atoms with Crippen LogP contribution in [-0.2, 0) is 0 Å². The summed E-state index contributed by atoms with van der Waals surface area (Å²) >= 11 is 0. The van der Waals surface area contributed by atoms with Crippen molar-refractivity contribution in [3.8, 4) is 17.2 Å². The topological polar surface area (TPSA) is 51.2 Å². The Hall–Kier alpha value is -1.46. The normalized spacial score (nSPS) is 19.2. The van der Waals surface area contributed by atoms with Crippen LogP contribution in [0.25, 0.3) is 0 Å². The molecule has 0 bridgehead atoms. The smallest absolute Gasteiger partial charge is 0.231 e. The number of aliphatic hydroxyl groups excluding tert-OH is 1. The van der Waals surface area contributed by atoms with Crippen LogP contribution in [0.5, 0.6) is 17.2 Å². The van der Waals surface area contributed by atoms with E-state index >= 15 is 0 Å². The minimum Gasteiger partial charge on any atom is -0.492 e. The van der Waals surface area contributed by atoms with E-state index in [0.717, 1.165) is 49.7 Å². The zero-order chi connectivity index (χ0) is 13.8. The number of aliphatic hydroxyl groups is 1. The summed E-state index contributed by atoms with van der Waals surface area (Å²) in [5.41, 5.74) is 0. The predicted octanol–water partition coefficient (Wildman–Crippen LogP) is 1.50. The van der Waals surface area contributed by atoms with Crippen molar-refractivity contribution in [3.05, 3.63) is 18.2 Å². The maximum atomic E-state index is 9.11. The molecule has 0 spiro atoms. The van der Waals surface area contributed by atoms with Gasteiger partial charge in [0.25, 0.3) is 0 Å². The molecular weight excluding hydrogens is 258 g/mol. The molecule has 110 valence electrons. The first-order valence-electron chi connectivity index (χ1n) is 7.21. The molecule has 0 aliphatic carbocycles. The summed E-state index contributed by atoms with van der Waals surface area (Å²) in [7, 11) is 0. The van der Waals surface area contributed by atoms with Crippen molar-refractivity contribution in [1.82, 2.24) is 4.90 Å². The average molecular weight is 279 g/mol. The molecule has 0 atom stereocenters. The number of hydrogen-bond acceptors (Lipinski definition) is 5. The average Bonchev–Trinajstić information content (AvgIpc) is 2.95. The molecule has 1 fully saturated rings. The third-order valence-electron chi connectivity index (χ3n) is 3.99. The largest absolute Gasteiger partial charge is 0.492 e. The fourth-order valence-electron chi connectivity index (χ4n) is 2.65. The Morgan fingerprint density at radius 1 is 1.20 bits per heavy atom. The quantitative estimate of drug-likeness (QED) is 0.885. The van der Waals surface area contributed by atoms with Crippen LogP contribution in [0.4, 0.5) is 0 Å². The molecule has 3 rings (SSSR count). The first kappa shape index (κ1) is 13.5. The molecule has 0 saturated carbocycles. The van der Waals surface area contributed by atoms with E-state index < -0.39 is 0 Å². The van der Waals surface area contributed by atoms with E-state index in [4.69, 9.17) is 19.3 Å². The molecule has 1 saturated heterocycles. The van der Waals surface area contributed by atoms with Gasteiger partial charge < -0.3 is 19.3 Å². The number of ether oxygens (including phenoxy) is 3. The Balaban J connectivity index is 1.42. The second-order valence-electron chi connectivity index (χ2n) is 5.33. The number of nitrogens with zero attached hydrogens (tertiary/aromatic N) is 1. The van der Waals surface area contributed by atoms with Crippen LogP contribution in [0, 0.1) is 5.92 Å². The number of hydrogen-bond donors (Lipinski definition) is 1. The number of benzene rings is 1. The van der Waals surface area contributed by atoms with E-state index in [-0.39, 0.29) is 0 Å². The summed E-state index contributed by atoms with van der Waals surface area (Å²) in [6, 6.07) is 5.66. The van der Waals surface area contributed by atoms with Gasteiger partial charge in [-0.15, -0.1) is 0 Å². The first-order chi connectivity index (χ1) is 9.85. The van der Waals surface area contributed by atoms with Crippen molar-refractivity contribution in [2.24, 2.45) is 5.92 Å². The van der Waals surface area contributed by atoms with Gasteiger partial charge in [-0.2, -0.15) is 0 Å². The van der Waals surface area contributed by atoms with Crippen LogP contribution in [0.3, 0.4) is 0 Å². The molecule has 20 heavy (non-hydrogen) atoms. The predicted molar refractivity (Wildman–Crippen MR) is 74.3 cm³/mol. The molecular formula is C15H21NO4. The van der Waals surface area contributed by atoms with E-state index in [0.29, 0.717) is 25.9 Å². The van der Waals surface area contributed by atoms with Crippen LogP contribution >= 0.6 is 0 Å². The van der Waals surface area contributed by atoms with Crippen LogP contribution in [0.2, 0.25) is 0 Å². The highest BCUT2D eigenvalue weighted by Gasteiger charge is 2.18. The lowest BCUT2D eigenvalue weighted by Gasteiger charge is -2.30. The Kier molecular flexibility index (Phi) is 4.28. The Morgan fingerprint density at radius 2 is 2.00 bits per heavy atom. The van der Waals surface area contributed by atoms with Gasteiger partial charge in [0.05, 0.1) is 0 Å². The highest BCUT2D eigenvalue weighted by atomic mass is 16.7. The maximum Gasteiger partial charge on any atom is 0.231 e. The summed E-state index contributed by atoms with van der Waals surface area (Å²) in [5.74, 6) is 2.84. The first-order valence-corrected chi connectivity index (χ1v) is 7.21. The van der Waals surface area contributed by atoms with Gasteiger partial charge in [-0.3, -0.25) is 4.90 Å². The van der Waals surface area contributed by atoms with Gasteiger partial charge in [-0.05, 0) is 44.0 Å². The summed E-state index contributed by atoms with van der Waals surface area (Å²) in [6.45, 7) is 4.31. The second kappa shape index (κ2) is 6.33. The zero-order valence-corrected chi connectivity index (χ0v) is 11.6. The maximum absolute atomic E-state index is 9.11. The lowest BCUT2D eigenvalue weighted by Crippen LogP contribution is -2.37. The standard InChI is InChI=1S/C15H21NO4/c17-10-12-3-5-16(6-4-12)7-8-18-13-1-2-14-15(9-13)20-11-19-14/h1-2,9,12,17H,3-8,10-11H2. The fraction of sp³-hybridized carbons (Fsp3) is 0.600. The molecule has 0 amide bonds. The Bertz CT molecular complexity index is 443. The molecule has 2 heterocycles. The molecule has 1 N–H and O–H groups in total. The van der Waals surface area contributed by atoms with Crippen LogP contribution in [-0.4, -0.2) is 49.6 Å². The van der Waals surface area contributed by atoms with Crippen molar-refractivity contribution >= 4 is 0 Å². The highest BCUT2D eigenvalue weighted by Crippen LogP contribution is 2.35. The van der Waals surface area contributed by atoms with Crippen LogP contribution in [0.15, 0.2) is 18.2 Å². The summed E-state index contributed by atoms with van der Waals surface area (Å²) in [5, 5.41) is 9.11. The fourth-order valence-corrected chi connectivity index (χ4v) is 2.65. The minimum atomic E-state index is 0.290. The summed E-state index contributed by atoms with van der Waals surface area (Å²) in [4.78, 5) is 2.39. The van der Waals surface area contributed by atoms with Gasteiger partial charge in [-0.25, -0.2) is 0 Å². The minimum absolute atomic E-state index is 0.290. The van der Waals surface area contributed by atoms with Gasteiger partial charge in [0.2, 0.25) is 6.79 Å². The Labute approximate surface area is 119 Å². The molecule has 2 aliphatic rings. The summed E-state index contributed by atoms with van der Waals surface area (Å²) in [6.07, 6.45) is 2.17. The molecule has 5 nitrogen and oxygen atoms in total. The lowest BCUT2D eigenvalue weighted by molar-refractivity contribution is 0.118. The van der Waals surface area contributed by atoms with E-state index in [1.807, 2.05) is 18.2 Å². The molecule has 2 aliphatic heterocycles. The molecule has 0 radical (unpaired) electrons. The second-order valence-corrected chi connectivity index (χ2v) is 5.33. The molecule has 5 heteroatoms. The van der Waals surface area contributed by atoms with E-state index in [2.05, 4.69) is 4.90 Å². The highest BCUT2D eigenvalue weighted by molar-refractivity contribution is 5.46. The van der Waals surface area contributed by atoms with Crippen LogP contribution in [0.1, 0.15) is 12.8 Å². The van der Waals surface area contributed by atoms with Crippen molar-refractivity contribution in [3.63, 3.8) is 0 Å². The van der Waals surface area contributed by atoms with E-state index in [1.165, 1.54) is 0 Å². The van der Waals surface area contributed by atoms with Gasteiger partial charge in [0.15, 0.2) is 11.5 Å². The third kappa shape index (κ3) is 3.16. The van der Waals surface area contributed by atoms with Gasteiger partial charge in [0, 0.05) is 19.2 Å². The van der Waals surface area contributed by atoms with Crippen LogP contribution < -0.4 is 14.2 Å².